The molecule has 110 valence electrons. The number of carbonyl (C=O) groups is 1. The van der Waals surface area contributed by atoms with E-state index in [4.69, 9.17) is 11.2 Å². The Morgan fingerprint density at radius 3 is 2.45 bits per heavy atom. The number of ether oxygens (including phenoxy) is 1. The van der Waals surface area contributed by atoms with Crippen molar-refractivity contribution in [1.82, 2.24) is 0 Å². The minimum Gasteiger partial charge on any atom is -0.444 e. The Labute approximate surface area is 123 Å². The maximum absolute atomic E-state index is 12.3. The molecule has 1 fully saturated rings. The zero-order valence-corrected chi connectivity index (χ0v) is 13.5. The molecule has 2 nitrogen and oxygen atoms in total. The molecule has 3 atom stereocenters. The van der Waals surface area contributed by atoms with Crippen LogP contribution in [0.2, 0.25) is 0 Å². The SMILES string of the molecule is C#C[C@@H](OC(=O)[C@H]1[C@@H](C=C(C)C)C1(C)C)/C(C)=C/CC. The second-order valence-corrected chi connectivity index (χ2v) is 6.41. The van der Waals surface area contributed by atoms with Crippen LogP contribution in [0.3, 0.4) is 0 Å². The van der Waals surface area contributed by atoms with Crippen molar-refractivity contribution in [2.75, 3.05) is 0 Å². The quantitative estimate of drug-likeness (QED) is 0.428. The minimum absolute atomic E-state index is 0.0319. The first-order valence-electron chi connectivity index (χ1n) is 7.24. The van der Waals surface area contributed by atoms with Crippen LogP contribution in [0.4, 0.5) is 0 Å². The zero-order chi connectivity index (χ0) is 15.5. The van der Waals surface area contributed by atoms with Gasteiger partial charge in [0, 0.05) is 0 Å². The van der Waals surface area contributed by atoms with Crippen molar-refractivity contribution in [1.29, 1.82) is 0 Å². The van der Waals surface area contributed by atoms with Gasteiger partial charge in [-0.3, -0.25) is 4.79 Å². The van der Waals surface area contributed by atoms with Gasteiger partial charge in [0.2, 0.25) is 0 Å². The molecule has 0 heterocycles. The van der Waals surface area contributed by atoms with Crippen molar-refractivity contribution in [3.05, 3.63) is 23.3 Å². The Kier molecular flexibility index (Phi) is 5.22. The first kappa shape index (κ1) is 16.6. The molecule has 0 amide bonds. The Balaban J connectivity index is 2.76. The molecule has 1 aliphatic carbocycles. The van der Waals surface area contributed by atoms with Crippen LogP contribution in [-0.2, 0) is 9.53 Å². The van der Waals surface area contributed by atoms with Crippen LogP contribution in [0.5, 0.6) is 0 Å². The number of carbonyl (C=O) groups excluding carboxylic acids is 1. The summed E-state index contributed by atoms with van der Waals surface area (Å²) in [7, 11) is 0. The second kappa shape index (κ2) is 6.31. The maximum Gasteiger partial charge on any atom is 0.311 e. The molecule has 1 saturated carbocycles. The first-order chi connectivity index (χ1) is 9.25. The van der Waals surface area contributed by atoms with E-state index in [-0.39, 0.29) is 23.2 Å². The van der Waals surface area contributed by atoms with E-state index < -0.39 is 6.10 Å². The molecule has 0 bridgehead atoms. The van der Waals surface area contributed by atoms with Gasteiger partial charge >= 0.3 is 5.97 Å². The number of allylic oxidation sites excluding steroid dienone is 3. The van der Waals surface area contributed by atoms with Crippen LogP contribution in [-0.4, -0.2) is 12.1 Å². The first-order valence-corrected chi connectivity index (χ1v) is 7.24. The summed E-state index contributed by atoms with van der Waals surface area (Å²) in [6.45, 7) is 12.2. The number of hydrogen-bond acceptors (Lipinski definition) is 2. The summed E-state index contributed by atoms with van der Waals surface area (Å²) >= 11 is 0. The van der Waals surface area contributed by atoms with Crippen molar-refractivity contribution in [3.8, 4) is 12.3 Å². The normalized spacial score (nSPS) is 25.4. The summed E-state index contributed by atoms with van der Waals surface area (Å²) in [4.78, 5) is 12.3. The van der Waals surface area contributed by atoms with Gasteiger partial charge in [0.15, 0.2) is 6.10 Å². The van der Waals surface area contributed by atoms with Crippen molar-refractivity contribution in [3.63, 3.8) is 0 Å². The number of hydrogen-bond donors (Lipinski definition) is 0. The molecule has 1 rings (SSSR count). The van der Waals surface area contributed by atoms with Gasteiger partial charge in [-0.1, -0.05) is 44.4 Å². The molecule has 0 N–H and O–H groups in total. The third-order valence-corrected chi connectivity index (χ3v) is 4.00. The molecule has 0 unspecified atom stereocenters. The number of esters is 1. The van der Waals surface area contributed by atoms with Crippen molar-refractivity contribution in [2.45, 2.75) is 54.1 Å². The molecule has 1 aliphatic rings. The number of rotatable bonds is 5. The van der Waals surface area contributed by atoms with Crippen molar-refractivity contribution >= 4 is 5.97 Å². The summed E-state index contributed by atoms with van der Waals surface area (Å²) in [6.07, 6.45) is 9.99. The molecule has 0 radical (unpaired) electrons. The summed E-state index contributed by atoms with van der Waals surface area (Å²) < 4.78 is 5.51. The van der Waals surface area contributed by atoms with Gasteiger partial charge in [-0.2, -0.15) is 0 Å². The third-order valence-electron chi connectivity index (χ3n) is 4.00. The van der Waals surface area contributed by atoms with E-state index in [1.54, 1.807) is 0 Å². The molecule has 0 saturated heterocycles. The lowest BCUT2D eigenvalue weighted by Crippen LogP contribution is -2.20. The van der Waals surface area contributed by atoms with E-state index in [9.17, 15) is 4.79 Å². The van der Waals surface area contributed by atoms with Crippen LogP contribution in [0.1, 0.15) is 48.0 Å². The highest BCUT2D eigenvalue weighted by Crippen LogP contribution is 2.59. The van der Waals surface area contributed by atoms with Gasteiger partial charge in [0.05, 0.1) is 5.92 Å². The van der Waals surface area contributed by atoms with E-state index in [1.807, 2.05) is 19.9 Å². The fourth-order valence-electron chi connectivity index (χ4n) is 2.67. The molecular formula is C18H26O2. The van der Waals surface area contributed by atoms with Gasteiger partial charge in [-0.05, 0) is 44.1 Å². The predicted octanol–water partition coefficient (Wildman–Crippen LogP) is 4.13. The van der Waals surface area contributed by atoms with Gasteiger partial charge in [-0.25, -0.2) is 0 Å². The second-order valence-electron chi connectivity index (χ2n) is 6.41. The molecule has 0 aromatic heterocycles. The molecule has 0 aromatic carbocycles. The van der Waals surface area contributed by atoms with Gasteiger partial charge in [0.1, 0.15) is 0 Å². The van der Waals surface area contributed by atoms with Crippen LogP contribution in [0.25, 0.3) is 0 Å². The average Bonchev–Trinajstić information content (AvgIpc) is 2.86. The molecule has 0 spiro atoms. The molecule has 0 aliphatic heterocycles. The fraction of sp³-hybridized carbons (Fsp3) is 0.611. The molecule has 20 heavy (non-hydrogen) atoms. The van der Waals surface area contributed by atoms with E-state index >= 15 is 0 Å². The van der Waals surface area contributed by atoms with E-state index in [0.29, 0.717) is 0 Å². The minimum atomic E-state index is -0.536. The average molecular weight is 274 g/mol. The summed E-state index contributed by atoms with van der Waals surface area (Å²) in [5.74, 6) is 2.56. The van der Waals surface area contributed by atoms with Crippen LogP contribution in [0, 0.1) is 29.6 Å². The van der Waals surface area contributed by atoms with Gasteiger partial charge in [0.25, 0.3) is 0 Å². The monoisotopic (exact) mass is 274 g/mol. The Bertz CT molecular complexity index is 470. The van der Waals surface area contributed by atoms with Crippen LogP contribution in [0.15, 0.2) is 23.3 Å². The Morgan fingerprint density at radius 1 is 1.40 bits per heavy atom. The van der Waals surface area contributed by atoms with Crippen molar-refractivity contribution in [2.24, 2.45) is 17.3 Å². The third kappa shape index (κ3) is 3.54. The summed E-state index contributed by atoms with van der Waals surface area (Å²) in [5.41, 5.74) is 2.13. The van der Waals surface area contributed by atoms with E-state index in [0.717, 1.165) is 12.0 Å². The Hall–Kier alpha value is -1.49. The van der Waals surface area contributed by atoms with Crippen LogP contribution >= 0.6 is 0 Å². The predicted molar refractivity (Wildman–Crippen MR) is 83.0 cm³/mol. The largest absolute Gasteiger partial charge is 0.444 e. The maximum atomic E-state index is 12.3. The lowest BCUT2D eigenvalue weighted by Gasteiger charge is -2.13. The summed E-state index contributed by atoms with van der Waals surface area (Å²) in [6, 6.07) is 0. The van der Waals surface area contributed by atoms with Gasteiger partial charge in [-0.15, -0.1) is 6.42 Å². The standard InChI is InChI=1S/C18H26O2/c1-8-10-13(5)15(9-2)20-17(19)16-14(11-12(3)4)18(16,6)7/h2,10-11,14-16H,8H2,1,3-7H3/b13-10+/t14-,15-,16-/m1/s1. The topological polar surface area (TPSA) is 26.3 Å². The lowest BCUT2D eigenvalue weighted by atomic mass is 10.1. The molecule has 2 heteroatoms. The zero-order valence-electron chi connectivity index (χ0n) is 13.5. The highest BCUT2D eigenvalue weighted by atomic mass is 16.5. The highest BCUT2D eigenvalue weighted by Gasteiger charge is 2.61. The fourth-order valence-corrected chi connectivity index (χ4v) is 2.67. The van der Waals surface area contributed by atoms with E-state index in [2.05, 4.69) is 39.7 Å². The Morgan fingerprint density at radius 2 is 2.00 bits per heavy atom. The number of terminal acetylenes is 1. The molecular weight excluding hydrogens is 248 g/mol. The lowest BCUT2D eigenvalue weighted by molar-refractivity contribution is -0.147. The summed E-state index contributed by atoms with van der Waals surface area (Å²) in [5, 5.41) is 0. The van der Waals surface area contributed by atoms with E-state index in [1.165, 1.54) is 5.57 Å². The molecule has 0 aromatic rings. The smallest absolute Gasteiger partial charge is 0.311 e. The van der Waals surface area contributed by atoms with Crippen molar-refractivity contribution < 1.29 is 9.53 Å². The highest BCUT2D eigenvalue weighted by molar-refractivity contribution is 5.79. The van der Waals surface area contributed by atoms with Gasteiger partial charge < -0.3 is 4.74 Å². The van der Waals surface area contributed by atoms with Crippen LogP contribution < -0.4 is 0 Å².